The van der Waals surface area contributed by atoms with Crippen molar-refractivity contribution in [1.82, 2.24) is 9.03 Å². The van der Waals surface area contributed by atoms with E-state index in [0.29, 0.717) is 6.54 Å². The normalized spacial score (nSPS) is 16.5. The molecule has 0 saturated heterocycles. The maximum Gasteiger partial charge on any atom is 0.279 e. The molecule has 0 aromatic heterocycles. The van der Waals surface area contributed by atoms with Gasteiger partial charge in [-0.25, -0.2) is 0 Å². The molecule has 0 rings (SSSR count). The maximum absolute atomic E-state index is 11.8. The second kappa shape index (κ2) is 6.68. The lowest BCUT2D eigenvalue weighted by atomic mass is 9.93. The third-order valence-corrected chi connectivity index (χ3v) is 4.61. The van der Waals surface area contributed by atoms with Crippen LogP contribution in [-0.2, 0) is 10.2 Å². The van der Waals surface area contributed by atoms with Gasteiger partial charge in [0.1, 0.15) is 0 Å². The highest BCUT2D eigenvalue weighted by molar-refractivity contribution is 7.87. The van der Waals surface area contributed by atoms with E-state index in [1.807, 2.05) is 20.8 Å². The molecule has 0 aliphatic rings. The average molecular weight is 266 g/mol. The fourth-order valence-electron chi connectivity index (χ4n) is 1.05. The number of unbranched alkanes of at least 4 members (excludes halogenated alkanes) is 1. The van der Waals surface area contributed by atoms with Crippen LogP contribution in [0.25, 0.3) is 0 Å². The molecule has 0 fully saturated rings. The first-order valence-corrected chi connectivity index (χ1v) is 7.50. The fourth-order valence-corrected chi connectivity index (χ4v) is 2.12. The summed E-state index contributed by atoms with van der Waals surface area (Å²) in [5, 5.41) is 9.97. The highest BCUT2D eigenvalue weighted by atomic mass is 32.2. The Balaban J connectivity index is 4.37. The summed E-state index contributed by atoms with van der Waals surface area (Å²) in [5.41, 5.74) is -1.03. The maximum atomic E-state index is 11.8. The van der Waals surface area contributed by atoms with Crippen LogP contribution in [-0.4, -0.2) is 43.6 Å². The second-order valence-electron chi connectivity index (χ2n) is 5.01. The molecular weight excluding hydrogens is 240 g/mol. The summed E-state index contributed by atoms with van der Waals surface area (Å²) in [6.07, 6.45) is 1.78. The van der Waals surface area contributed by atoms with E-state index in [2.05, 4.69) is 4.72 Å². The molecule has 2 N–H and O–H groups in total. The van der Waals surface area contributed by atoms with Crippen molar-refractivity contribution in [3.63, 3.8) is 0 Å². The summed E-state index contributed by atoms with van der Waals surface area (Å²) in [5.74, 6) is -0.00820. The van der Waals surface area contributed by atoms with Gasteiger partial charge < -0.3 is 5.11 Å². The summed E-state index contributed by atoms with van der Waals surface area (Å²) < 4.78 is 27.3. The van der Waals surface area contributed by atoms with Gasteiger partial charge in [0.15, 0.2) is 0 Å². The summed E-state index contributed by atoms with van der Waals surface area (Å²) in [6, 6.07) is 0. The summed E-state index contributed by atoms with van der Waals surface area (Å²) in [7, 11) is -1.93. The first-order chi connectivity index (χ1) is 7.63. The van der Waals surface area contributed by atoms with Crippen LogP contribution >= 0.6 is 0 Å². The predicted octanol–water partition coefficient (Wildman–Crippen LogP) is 0.960. The average Bonchev–Trinajstić information content (AvgIpc) is 2.23. The fraction of sp³-hybridized carbons (Fsp3) is 1.00. The topological polar surface area (TPSA) is 69.6 Å². The van der Waals surface area contributed by atoms with Crippen molar-refractivity contribution >= 4 is 10.2 Å². The molecule has 5 nitrogen and oxygen atoms in total. The van der Waals surface area contributed by atoms with Crippen molar-refractivity contribution in [1.29, 1.82) is 0 Å². The van der Waals surface area contributed by atoms with Crippen molar-refractivity contribution in [3.05, 3.63) is 0 Å². The largest absolute Gasteiger partial charge is 0.389 e. The van der Waals surface area contributed by atoms with E-state index in [0.717, 1.165) is 12.8 Å². The van der Waals surface area contributed by atoms with Crippen molar-refractivity contribution in [3.8, 4) is 0 Å². The third kappa shape index (κ3) is 5.81. The van der Waals surface area contributed by atoms with Gasteiger partial charge in [0, 0.05) is 20.1 Å². The quantitative estimate of drug-likeness (QED) is 0.687. The lowest BCUT2D eigenvalue weighted by molar-refractivity contribution is 0.0187. The SMILES string of the molecule is CCCCN(C)S(=O)(=O)NCC(C)(O)C(C)C. The van der Waals surface area contributed by atoms with Crippen LogP contribution < -0.4 is 4.72 Å². The smallest absolute Gasteiger partial charge is 0.279 e. The Morgan fingerprint density at radius 2 is 1.94 bits per heavy atom. The Kier molecular flexibility index (Phi) is 6.61. The van der Waals surface area contributed by atoms with E-state index in [4.69, 9.17) is 0 Å². The minimum absolute atomic E-state index is 0.00820. The van der Waals surface area contributed by atoms with E-state index in [9.17, 15) is 13.5 Å². The molecule has 0 aromatic carbocycles. The minimum Gasteiger partial charge on any atom is -0.389 e. The molecule has 6 heteroatoms. The van der Waals surface area contributed by atoms with Crippen LogP contribution in [0.3, 0.4) is 0 Å². The van der Waals surface area contributed by atoms with Crippen molar-refractivity contribution in [2.24, 2.45) is 5.92 Å². The zero-order valence-electron chi connectivity index (χ0n) is 11.5. The number of hydrogen-bond acceptors (Lipinski definition) is 3. The second-order valence-corrected chi connectivity index (χ2v) is 6.88. The molecule has 104 valence electrons. The van der Waals surface area contributed by atoms with Gasteiger partial charge in [-0.3, -0.25) is 0 Å². The Hall–Kier alpha value is -0.170. The molecule has 0 aromatic rings. The minimum atomic E-state index is -3.48. The third-order valence-electron chi connectivity index (χ3n) is 3.09. The van der Waals surface area contributed by atoms with Crippen LogP contribution in [0.4, 0.5) is 0 Å². The molecule has 0 spiro atoms. The van der Waals surface area contributed by atoms with Gasteiger partial charge in [0.2, 0.25) is 0 Å². The van der Waals surface area contributed by atoms with E-state index < -0.39 is 15.8 Å². The van der Waals surface area contributed by atoms with Gasteiger partial charge in [-0.1, -0.05) is 27.2 Å². The van der Waals surface area contributed by atoms with E-state index in [1.54, 1.807) is 14.0 Å². The van der Waals surface area contributed by atoms with Gasteiger partial charge in [-0.05, 0) is 19.3 Å². The molecule has 1 atom stereocenters. The van der Waals surface area contributed by atoms with Crippen molar-refractivity contribution < 1.29 is 13.5 Å². The molecule has 0 saturated carbocycles. The number of nitrogens with zero attached hydrogens (tertiary/aromatic N) is 1. The van der Waals surface area contributed by atoms with E-state index in [-0.39, 0.29) is 12.5 Å². The van der Waals surface area contributed by atoms with Gasteiger partial charge in [-0.2, -0.15) is 17.4 Å². The molecular formula is C11H26N2O3S. The van der Waals surface area contributed by atoms with Crippen molar-refractivity contribution in [2.45, 2.75) is 46.1 Å². The molecule has 0 bridgehead atoms. The van der Waals surface area contributed by atoms with Gasteiger partial charge >= 0.3 is 0 Å². The molecule has 0 radical (unpaired) electrons. The number of rotatable bonds is 8. The van der Waals surface area contributed by atoms with Crippen LogP contribution in [0, 0.1) is 5.92 Å². The van der Waals surface area contributed by atoms with E-state index in [1.165, 1.54) is 4.31 Å². The van der Waals surface area contributed by atoms with Crippen LogP contribution in [0.1, 0.15) is 40.5 Å². The Morgan fingerprint density at radius 1 is 1.41 bits per heavy atom. The highest BCUT2D eigenvalue weighted by Crippen LogP contribution is 2.15. The molecule has 0 aliphatic carbocycles. The van der Waals surface area contributed by atoms with Gasteiger partial charge in [-0.15, -0.1) is 0 Å². The lowest BCUT2D eigenvalue weighted by Crippen LogP contribution is -2.48. The summed E-state index contributed by atoms with van der Waals surface area (Å²) >= 11 is 0. The van der Waals surface area contributed by atoms with Crippen LogP contribution in [0.2, 0.25) is 0 Å². The molecule has 17 heavy (non-hydrogen) atoms. The Bertz CT molecular complexity index is 313. The standard InChI is InChI=1S/C11H26N2O3S/c1-6-7-8-13(5)17(15,16)12-9-11(4,14)10(2)3/h10,12,14H,6-9H2,1-5H3. The Morgan fingerprint density at radius 3 is 2.35 bits per heavy atom. The van der Waals surface area contributed by atoms with Crippen LogP contribution in [0.15, 0.2) is 0 Å². The monoisotopic (exact) mass is 266 g/mol. The number of nitrogens with one attached hydrogen (secondary N) is 1. The summed E-state index contributed by atoms with van der Waals surface area (Å²) in [4.78, 5) is 0. The zero-order chi connectivity index (χ0) is 13.7. The first-order valence-electron chi connectivity index (χ1n) is 6.06. The van der Waals surface area contributed by atoms with Gasteiger partial charge in [0.05, 0.1) is 5.60 Å². The van der Waals surface area contributed by atoms with Crippen LogP contribution in [0.5, 0.6) is 0 Å². The first kappa shape index (κ1) is 16.8. The number of hydrogen-bond donors (Lipinski definition) is 2. The molecule has 0 amide bonds. The predicted molar refractivity (Wildman–Crippen MR) is 69.9 cm³/mol. The number of aliphatic hydroxyl groups is 1. The highest BCUT2D eigenvalue weighted by Gasteiger charge is 2.28. The summed E-state index contributed by atoms with van der Waals surface area (Å²) in [6.45, 7) is 7.88. The molecule has 0 aliphatic heterocycles. The van der Waals surface area contributed by atoms with Gasteiger partial charge in [0.25, 0.3) is 10.2 Å². The zero-order valence-corrected chi connectivity index (χ0v) is 12.3. The molecule has 0 heterocycles. The Labute approximate surface area is 105 Å². The lowest BCUT2D eigenvalue weighted by Gasteiger charge is -2.28. The molecule has 1 unspecified atom stereocenters. The van der Waals surface area contributed by atoms with Crippen molar-refractivity contribution in [2.75, 3.05) is 20.1 Å². The van der Waals surface area contributed by atoms with E-state index >= 15 is 0 Å².